The zero-order chi connectivity index (χ0) is 21.8. The lowest BCUT2D eigenvalue weighted by Crippen LogP contribution is -2.46. The number of carbonyl (C=O) groups excluding carboxylic acids is 2. The fourth-order valence-electron chi connectivity index (χ4n) is 4.74. The van der Waals surface area contributed by atoms with E-state index in [1.54, 1.807) is 14.0 Å². The standard InChI is InChI=1S/C25H31N3O3/c1-18(29)27-14-11-19(12-15-27)25(30)28-13-5-7-21(17-28)24-10-4-9-23(26-24)20-6-3-8-22(16-20)31-2/h3-4,6,8-10,16,19,21H,5,7,11-15,17H2,1-2H3. The molecule has 0 spiro atoms. The molecule has 2 saturated heterocycles. The van der Waals surface area contributed by atoms with Crippen LogP contribution in [-0.4, -0.2) is 59.9 Å². The third kappa shape index (κ3) is 4.89. The Hall–Kier alpha value is -2.89. The lowest BCUT2D eigenvalue weighted by atomic mass is 9.90. The van der Waals surface area contributed by atoms with Gasteiger partial charge in [-0.3, -0.25) is 14.6 Å². The molecule has 0 N–H and O–H groups in total. The minimum Gasteiger partial charge on any atom is -0.497 e. The number of pyridine rings is 1. The van der Waals surface area contributed by atoms with Crippen LogP contribution in [0.5, 0.6) is 5.75 Å². The van der Waals surface area contributed by atoms with Crippen LogP contribution < -0.4 is 4.74 Å². The lowest BCUT2D eigenvalue weighted by Gasteiger charge is -2.37. The molecule has 164 valence electrons. The predicted molar refractivity (Wildman–Crippen MR) is 120 cm³/mol. The van der Waals surface area contributed by atoms with Crippen LogP contribution in [0.15, 0.2) is 42.5 Å². The van der Waals surface area contributed by atoms with Crippen molar-refractivity contribution in [2.45, 2.75) is 38.5 Å². The number of amides is 2. The summed E-state index contributed by atoms with van der Waals surface area (Å²) < 4.78 is 5.35. The van der Waals surface area contributed by atoms with Crippen LogP contribution in [0.1, 0.15) is 44.2 Å². The number of rotatable bonds is 4. The summed E-state index contributed by atoms with van der Waals surface area (Å²) in [5, 5.41) is 0. The van der Waals surface area contributed by atoms with Gasteiger partial charge in [0.1, 0.15) is 5.75 Å². The molecule has 31 heavy (non-hydrogen) atoms. The molecule has 6 heteroatoms. The molecule has 0 bridgehead atoms. The smallest absolute Gasteiger partial charge is 0.225 e. The summed E-state index contributed by atoms with van der Waals surface area (Å²) in [4.78, 5) is 33.5. The molecule has 2 fully saturated rings. The summed E-state index contributed by atoms with van der Waals surface area (Å²) in [5.74, 6) is 1.45. The maximum absolute atomic E-state index is 13.2. The van der Waals surface area contributed by atoms with Gasteiger partial charge in [-0.05, 0) is 49.9 Å². The molecule has 1 aromatic heterocycles. The molecular formula is C25H31N3O3. The third-order valence-corrected chi connectivity index (χ3v) is 6.58. The van der Waals surface area contributed by atoms with Crippen molar-refractivity contribution in [2.75, 3.05) is 33.3 Å². The highest BCUT2D eigenvalue weighted by molar-refractivity contribution is 5.80. The lowest BCUT2D eigenvalue weighted by molar-refractivity contribution is -0.141. The van der Waals surface area contributed by atoms with Gasteiger partial charge >= 0.3 is 0 Å². The largest absolute Gasteiger partial charge is 0.497 e. The second-order valence-electron chi connectivity index (χ2n) is 8.58. The molecule has 1 aromatic carbocycles. The molecule has 3 heterocycles. The van der Waals surface area contributed by atoms with Gasteiger partial charge in [-0.15, -0.1) is 0 Å². The number of ether oxygens (including phenoxy) is 1. The number of aromatic nitrogens is 1. The Labute approximate surface area is 184 Å². The van der Waals surface area contributed by atoms with E-state index in [9.17, 15) is 9.59 Å². The van der Waals surface area contributed by atoms with E-state index in [4.69, 9.17) is 9.72 Å². The molecule has 2 aliphatic rings. The van der Waals surface area contributed by atoms with Crippen molar-refractivity contribution in [1.29, 1.82) is 0 Å². The quantitative estimate of drug-likeness (QED) is 0.755. The summed E-state index contributed by atoms with van der Waals surface area (Å²) in [6.45, 7) is 4.52. The fourth-order valence-corrected chi connectivity index (χ4v) is 4.74. The maximum Gasteiger partial charge on any atom is 0.225 e. The highest BCUT2D eigenvalue weighted by Gasteiger charge is 2.32. The van der Waals surface area contributed by atoms with Crippen LogP contribution in [0, 0.1) is 5.92 Å². The molecule has 6 nitrogen and oxygen atoms in total. The summed E-state index contributed by atoms with van der Waals surface area (Å²) in [6.07, 6.45) is 3.57. The van der Waals surface area contributed by atoms with Crippen molar-refractivity contribution in [1.82, 2.24) is 14.8 Å². The molecule has 2 aliphatic heterocycles. The summed E-state index contributed by atoms with van der Waals surface area (Å²) in [5.41, 5.74) is 3.00. The minimum atomic E-state index is 0.0328. The van der Waals surface area contributed by atoms with E-state index in [1.807, 2.05) is 40.1 Å². The van der Waals surface area contributed by atoms with E-state index in [2.05, 4.69) is 12.1 Å². The molecule has 2 amide bonds. The molecule has 0 radical (unpaired) electrons. The molecule has 0 aliphatic carbocycles. The van der Waals surface area contributed by atoms with Crippen LogP contribution in [0.3, 0.4) is 0 Å². The highest BCUT2D eigenvalue weighted by Crippen LogP contribution is 2.30. The minimum absolute atomic E-state index is 0.0328. The van der Waals surface area contributed by atoms with Crippen LogP contribution in [0.4, 0.5) is 0 Å². The van der Waals surface area contributed by atoms with Crippen LogP contribution in [0.2, 0.25) is 0 Å². The average Bonchev–Trinajstić information content (AvgIpc) is 2.84. The normalized spacial score (nSPS) is 19.9. The predicted octanol–water partition coefficient (Wildman–Crippen LogP) is 3.72. The number of piperidine rings is 2. The first-order valence-corrected chi connectivity index (χ1v) is 11.2. The Kier molecular flexibility index (Phi) is 6.54. The van der Waals surface area contributed by atoms with Crippen molar-refractivity contribution in [2.24, 2.45) is 5.92 Å². The zero-order valence-corrected chi connectivity index (χ0v) is 18.4. The second-order valence-corrected chi connectivity index (χ2v) is 8.58. The van der Waals surface area contributed by atoms with Gasteiger partial charge in [0, 0.05) is 56.2 Å². The number of nitrogens with zero attached hydrogens (tertiary/aromatic N) is 3. The molecule has 4 rings (SSSR count). The molecule has 1 atom stereocenters. The first-order valence-electron chi connectivity index (χ1n) is 11.2. The van der Waals surface area contributed by atoms with Crippen molar-refractivity contribution < 1.29 is 14.3 Å². The summed E-state index contributed by atoms with van der Waals surface area (Å²) >= 11 is 0. The first-order chi connectivity index (χ1) is 15.0. The van der Waals surface area contributed by atoms with Gasteiger partial charge in [0.25, 0.3) is 0 Å². The van der Waals surface area contributed by atoms with Gasteiger partial charge in [0.15, 0.2) is 0 Å². The van der Waals surface area contributed by atoms with E-state index in [1.165, 1.54) is 0 Å². The molecular weight excluding hydrogens is 390 g/mol. The Morgan fingerprint density at radius 3 is 2.52 bits per heavy atom. The van der Waals surface area contributed by atoms with Crippen LogP contribution in [0.25, 0.3) is 11.3 Å². The van der Waals surface area contributed by atoms with Crippen LogP contribution in [-0.2, 0) is 9.59 Å². The highest BCUT2D eigenvalue weighted by atomic mass is 16.5. The van der Waals surface area contributed by atoms with E-state index >= 15 is 0 Å². The second kappa shape index (κ2) is 9.50. The number of likely N-dealkylation sites (tertiary alicyclic amines) is 2. The Morgan fingerprint density at radius 2 is 1.77 bits per heavy atom. The maximum atomic E-state index is 13.2. The Balaban J connectivity index is 1.44. The summed E-state index contributed by atoms with van der Waals surface area (Å²) in [7, 11) is 1.67. The first kappa shape index (κ1) is 21.3. The average molecular weight is 422 g/mol. The molecule has 2 aromatic rings. The number of hydrogen-bond acceptors (Lipinski definition) is 4. The zero-order valence-electron chi connectivity index (χ0n) is 18.4. The van der Waals surface area contributed by atoms with Crippen LogP contribution >= 0.6 is 0 Å². The van der Waals surface area contributed by atoms with Crippen molar-refractivity contribution in [3.05, 3.63) is 48.2 Å². The monoisotopic (exact) mass is 421 g/mol. The Morgan fingerprint density at radius 1 is 1.00 bits per heavy atom. The van der Waals surface area contributed by atoms with E-state index in [0.717, 1.165) is 61.5 Å². The van der Waals surface area contributed by atoms with E-state index < -0.39 is 0 Å². The number of hydrogen-bond donors (Lipinski definition) is 0. The Bertz CT molecular complexity index is 937. The van der Waals surface area contributed by atoms with Gasteiger partial charge in [0.2, 0.25) is 11.8 Å². The SMILES string of the molecule is COc1cccc(-c2cccc(C3CCCN(C(=O)C4CCN(C(C)=O)CC4)C3)n2)c1. The topological polar surface area (TPSA) is 62.7 Å². The molecule has 0 saturated carbocycles. The van der Waals surface area contributed by atoms with Gasteiger partial charge in [-0.2, -0.15) is 0 Å². The fraction of sp³-hybridized carbons (Fsp3) is 0.480. The number of benzene rings is 1. The third-order valence-electron chi connectivity index (χ3n) is 6.58. The van der Waals surface area contributed by atoms with Crippen molar-refractivity contribution >= 4 is 11.8 Å². The van der Waals surface area contributed by atoms with Crippen molar-refractivity contribution in [3.63, 3.8) is 0 Å². The molecule has 1 unspecified atom stereocenters. The van der Waals surface area contributed by atoms with Gasteiger partial charge < -0.3 is 14.5 Å². The van der Waals surface area contributed by atoms with E-state index in [0.29, 0.717) is 13.1 Å². The number of methoxy groups -OCH3 is 1. The summed E-state index contributed by atoms with van der Waals surface area (Å²) in [6, 6.07) is 14.1. The van der Waals surface area contributed by atoms with Gasteiger partial charge in [-0.1, -0.05) is 18.2 Å². The van der Waals surface area contributed by atoms with Crippen molar-refractivity contribution in [3.8, 4) is 17.0 Å². The number of carbonyl (C=O) groups is 2. The van der Waals surface area contributed by atoms with Gasteiger partial charge in [0.05, 0.1) is 12.8 Å². The van der Waals surface area contributed by atoms with Gasteiger partial charge in [-0.25, -0.2) is 0 Å². The van der Waals surface area contributed by atoms with E-state index in [-0.39, 0.29) is 23.7 Å².